The zero-order chi connectivity index (χ0) is 23.4. The summed E-state index contributed by atoms with van der Waals surface area (Å²) in [5.74, 6) is 0.989. The van der Waals surface area contributed by atoms with Gasteiger partial charge in [0.05, 0.1) is 0 Å². The Kier molecular flexibility index (Phi) is 3.61. The van der Waals surface area contributed by atoms with E-state index in [2.05, 4.69) is 106 Å². The molecule has 0 saturated heterocycles. The van der Waals surface area contributed by atoms with Crippen LogP contribution < -0.4 is 15.6 Å². The van der Waals surface area contributed by atoms with E-state index in [0.29, 0.717) is 0 Å². The van der Waals surface area contributed by atoms with Gasteiger partial charge in [-0.3, -0.25) is 0 Å². The Morgan fingerprint density at radius 3 is 1.54 bits per heavy atom. The van der Waals surface area contributed by atoms with Crippen LogP contribution in [-0.4, -0.2) is 6.92 Å². The van der Waals surface area contributed by atoms with Gasteiger partial charge in [0.1, 0.15) is 5.75 Å². The van der Waals surface area contributed by atoms with E-state index < -0.39 is 0 Å². The minimum absolute atomic E-state index is 0.121. The lowest BCUT2D eigenvalue weighted by molar-refractivity contribution is 0.590. The Bertz CT molecular complexity index is 1740. The Morgan fingerprint density at radius 1 is 0.486 bits per heavy atom. The molecular formula is C33H23BO. The highest BCUT2D eigenvalue weighted by atomic mass is 16.4. The highest BCUT2D eigenvalue weighted by molar-refractivity contribution is 6.83. The second-order valence-corrected chi connectivity index (χ2v) is 10.3. The van der Waals surface area contributed by atoms with Gasteiger partial charge in [-0.2, -0.15) is 0 Å². The van der Waals surface area contributed by atoms with Gasteiger partial charge in [-0.1, -0.05) is 83.4 Å². The molecule has 5 aromatic rings. The molecule has 0 bridgehead atoms. The monoisotopic (exact) mass is 446 g/mol. The van der Waals surface area contributed by atoms with Crippen molar-refractivity contribution in [2.75, 3.05) is 0 Å². The maximum Gasteiger partial charge on any atom is 0.427 e. The smallest absolute Gasteiger partial charge is 0.427 e. The second kappa shape index (κ2) is 6.55. The fourth-order valence-corrected chi connectivity index (χ4v) is 6.64. The van der Waals surface area contributed by atoms with Crippen LogP contribution in [0.25, 0.3) is 55.6 Å². The summed E-state index contributed by atoms with van der Waals surface area (Å²) in [6, 6.07) is 31.4. The zero-order valence-corrected chi connectivity index (χ0v) is 20.1. The predicted octanol–water partition coefficient (Wildman–Crippen LogP) is 7.07. The van der Waals surface area contributed by atoms with Crippen LogP contribution >= 0.6 is 0 Å². The van der Waals surface area contributed by atoms with E-state index in [1.807, 2.05) is 0 Å². The molecule has 35 heavy (non-hydrogen) atoms. The number of hydrogen-bond donors (Lipinski definition) is 0. The van der Waals surface area contributed by atoms with E-state index in [-0.39, 0.29) is 6.92 Å². The molecule has 1 nitrogen and oxygen atoms in total. The van der Waals surface area contributed by atoms with Crippen molar-refractivity contribution >= 4 is 17.8 Å². The summed E-state index contributed by atoms with van der Waals surface area (Å²) in [6.45, 7) is 6.49. The minimum atomic E-state index is -0.121. The quantitative estimate of drug-likeness (QED) is 0.245. The fraction of sp³-hybridized carbons (Fsp3) is 0.0909. The number of rotatable bonds is 1. The third-order valence-electron chi connectivity index (χ3n) is 8.14. The van der Waals surface area contributed by atoms with Crippen molar-refractivity contribution in [3.63, 3.8) is 0 Å². The van der Waals surface area contributed by atoms with Gasteiger partial charge in [-0.15, -0.1) is 0 Å². The number of fused-ring (bicyclic) bond motifs is 11. The second-order valence-electron chi connectivity index (χ2n) is 10.3. The Hall–Kier alpha value is -4.04. The molecule has 2 heteroatoms. The maximum absolute atomic E-state index is 6.94. The largest absolute Gasteiger partial charge is 0.551 e. The summed E-state index contributed by atoms with van der Waals surface area (Å²) in [6.07, 6.45) is 0. The Balaban J connectivity index is 1.39. The predicted molar refractivity (Wildman–Crippen MR) is 147 cm³/mol. The van der Waals surface area contributed by atoms with Crippen LogP contribution in [0.3, 0.4) is 0 Å². The molecule has 8 rings (SSSR count). The maximum atomic E-state index is 6.94. The van der Waals surface area contributed by atoms with Crippen LogP contribution in [0.15, 0.2) is 84.9 Å². The van der Waals surface area contributed by atoms with E-state index in [0.717, 1.165) is 5.75 Å². The third kappa shape index (κ3) is 2.44. The highest BCUT2D eigenvalue weighted by Crippen LogP contribution is 2.53. The average Bonchev–Trinajstić information content (AvgIpc) is 2.84. The molecule has 0 aromatic heterocycles. The first-order valence-corrected chi connectivity index (χ1v) is 12.4. The summed E-state index contributed by atoms with van der Waals surface area (Å²) in [4.78, 5) is 0. The molecule has 0 unspecified atom stereocenters. The molecule has 164 valence electrons. The van der Waals surface area contributed by atoms with Crippen LogP contribution in [0.2, 0.25) is 0 Å². The lowest BCUT2D eigenvalue weighted by atomic mass is 9.49. The molecule has 0 N–H and O–H groups in total. The highest BCUT2D eigenvalue weighted by Gasteiger charge is 2.38. The van der Waals surface area contributed by atoms with E-state index >= 15 is 0 Å². The minimum Gasteiger partial charge on any atom is -0.551 e. The summed E-state index contributed by atoms with van der Waals surface area (Å²) in [7, 11) is 0. The lowest BCUT2D eigenvalue weighted by Crippen LogP contribution is -2.52. The SMILES string of the molecule is Cc1cc(C)c(B2Oc3cc4c(cc3-c3cc5c(cc32)-c2ccccc2-5)-c2ccccc2-4)c(C)c1. The van der Waals surface area contributed by atoms with Crippen molar-refractivity contribution in [2.45, 2.75) is 20.8 Å². The van der Waals surface area contributed by atoms with Gasteiger partial charge in [0.15, 0.2) is 0 Å². The van der Waals surface area contributed by atoms with Gasteiger partial charge >= 0.3 is 6.92 Å². The first kappa shape index (κ1) is 19.3. The molecule has 0 saturated carbocycles. The summed E-state index contributed by atoms with van der Waals surface area (Å²) < 4.78 is 6.94. The van der Waals surface area contributed by atoms with Crippen LogP contribution in [0.5, 0.6) is 5.75 Å². The van der Waals surface area contributed by atoms with E-state index in [1.54, 1.807) is 0 Å². The summed E-state index contributed by atoms with van der Waals surface area (Å²) >= 11 is 0. The summed E-state index contributed by atoms with van der Waals surface area (Å²) in [5.41, 5.74) is 19.6. The zero-order valence-electron chi connectivity index (χ0n) is 20.1. The van der Waals surface area contributed by atoms with Crippen molar-refractivity contribution in [1.29, 1.82) is 0 Å². The van der Waals surface area contributed by atoms with Crippen molar-refractivity contribution < 1.29 is 4.65 Å². The molecule has 0 atom stereocenters. The Labute approximate surface area is 206 Å². The number of aryl methyl sites for hydroxylation is 3. The van der Waals surface area contributed by atoms with Crippen molar-refractivity contribution in [2.24, 2.45) is 0 Å². The van der Waals surface area contributed by atoms with Crippen LogP contribution in [0.4, 0.5) is 0 Å². The molecule has 0 amide bonds. The van der Waals surface area contributed by atoms with Gasteiger partial charge in [-0.05, 0) is 100.0 Å². The van der Waals surface area contributed by atoms with E-state index in [9.17, 15) is 0 Å². The van der Waals surface area contributed by atoms with Crippen molar-refractivity contribution in [3.8, 4) is 61.4 Å². The molecule has 1 aliphatic heterocycles. The number of benzene rings is 5. The van der Waals surface area contributed by atoms with Gasteiger partial charge < -0.3 is 4.65 Å². The first-order valence-electron chi connectivity index (χ1n) is 12.4. The normalized spacial score (nSPS) is 13.2. The topological polar surface area (TPSA) is 9.23 Å². The van der Waals surface area contributed by atoms with Crippen LogP contribution in [0.1, 0.15) is 16.7 Å². The molecule has 5 aromatic carbocycles. The van der Waals surface area contributed by atoms with E-state index in [1.165, 1.54) is 83.3 Å². The molecule has 0 fully saturated rings. The van der Waals surface area contributed by atoms with Crippen molar-refractivity contribution in [3.05, 3.63) is 102 Å². The van der Waals surface area contributed by atoms with E-state index in [4.69, 9.17) is 4.65 Å². The van der Waals surface area contributed by atoms with Gasteiger partial charge in [0.2, 0.25) is 0 Å². The standard InChI is InChI=1S/C33H23BO/c1-18-12-19(2)33(20(3)13-18)34-31-16-27-23-10-6-4-8-21(23)25(27)14-29(31)30-15-26-22-9-5-7-11-24(22)28(26)17-32(30)35-34/h4-17H,1-3H3. The molecule has 3 aliphatic rings. The van der Waals surface area contributed by atoms with Gasteiger partial charge in [0.25, 0.3) is 0 Å². The van der Waals surface area contributed by atoms with Crippen LogP contribution in [-0.2, 0) is 0 Å². The number of hydrogen-bond acceptors (Lipinski definition) is 1. The molecule has 0 radical (unpaired) electrons. The average molecular weight is 446 g/mol. The van der Waals surface area contributed by atoms with Gasteiger partial charge in [0, 0.05) is 5.56 Å². The molecule has 1 heterocycles. The Morgan fingerprint density at radius 2 is 0.971 bits per heavy atom. The molecule has 2 aliphatic carbocycles. The van der Waals surface area contributed by atoms with Crippen LogP contribution in [0, 0.1) is 20.8 Å². The summed E-state index contributed by atoms with van der Waals surface area (Å²) in [5, 5.41) is 0. The lowest BCUT2D eigenvalue weighted by Gasteiger charge is -2.35. The first-order chi connectivity index (χ1) is 17.1. The fourth-order valence-electron chi connectivity index (χ4n) is 6.64. The van der Waals surface area contributed by atoms with Crippen molar-refractivity contribution in [1.82, 2.24) is 0 Å². The van der Waals surface area contributed by atoms with Gasteiger partial charge in [-0.25, -0.2) is 0 Å². The third-order valence-corrected chi connectivity index (χ3v) is 8.14. The molecule has 0 spiro atoms. The molecular weight excluding hydrogens is 423 g/mol.